The minimum atomic E-state index is 0.416. The van der Waals surface area contributed by atoms with Gasteiger partial charge < -0.3 is 10.1 Å². The van der Waals surface area contributed by atoms with E-state index in [2.05, 4.69) is 32.3 Å². The molecular formula is C22H25N5O. The first-order valence-corrected chi connectivity index (χ1v) is 9.66. The second-order valence-electron chi connectivity index (χ2n) is 7.07. The second-order valence-corrected chi connectivity index (χ2v) is 7.07. The van der Waals surface area contributed by atoms with E-state index >= 15 is 0 Å². The largest absolute Gasteiger partial charge is 0.497 e. The van der Waals surface area contributed by atoms with Gasteiger partial charge in [-0.15, -0.1) is 0 Å². The van der Waals surface area contributed by atoms with Crippen LogP contribution in [0.4, 0.5) is 11.8 Å². The molecule has 6 heteroatoms. The lowest BCUT2D eigenvalue weighted by Gasteiger charge is -2.32. The van der Waals surface area contributed by atoms with Gasteiger partial charge >= 0.3 is 0 Å². The fourth-order valence-corrected chi connectivity index (χ4v) is 3.64. The van der Waals surface area contributed by atoms with Crippen molar-refractivity contribution in [3.8, 4) is 5.75 Å². The highest BCUT2D eigenvalue weighted by molar-refractivity contribution is 5.46. The van der Waals surface area contributed by atoms with Crippen molar-refractivity contribution >= 4 is 11.8 Å². The molecule has 1 atom stereocenters. The third kappa shape index (κ3) is 4.64. The molecule has 0 amide bonds. The third-order valence-electron chi connectivity index (χ3n) is 5.07. The molecule has 144 valence electrons. The SMILES string of the molecule is COc1ccc(CN2CCC[C@H](c3ccnc(Nc4ccccn4)n3)C2)cc1. The third-order valence-corrected chi connectivity index (χ3v) is 5.07. The van der Waals surface area contributed by atoms with Gasteiger partial charge in [-0.3, -0.25) is 4.90 Å². The molecule has 2 aromatic heterocycles. The zero-order chi connectivity index (χ0) is 19.2. The van der Waals surface area contributed by atoms with Crippen LogP contribution in [0.1, 0.15) is 30.0 Å². The molecule has 1 N–H and O–H groups in total. The van der Waals surface area contributed by atoms with E-state index in [9.17, 15) is 0 Å². The summed E-state index contributed by atoms with van der Waals surface area (Å²) in [6, 6.07) is 16.1. The lowest BCUT2D eigenvalue weighted by atomic mass is 9.94. The van der Waals surface area contributed by atoms with Gasteiger partial charge in [-0.2, -0.15) is 0 Å². The van der Waals surface area contributed by atoms with Gasteiger partial charge in [0, 0.05) is 31.4 Å². The van der Waals surface area contributed by atoms with Crippen LogP contribution in [-0.2, 0) is 6.54 Å². The second kappa shape index (κ2) is 8.80. The van der Waals surface area contributed by atoms with Crippen LogP contribution in [0.25, 0.3) is 0 Å². The first kappa shape index (κ1) is 18.4. The Morgan fingerprint density at radius 2 is 1.96 bits per heavy atom. The van der Waals surface area contributed by atoms with Crippen molar-refractivity contribution in [1.82, 2.24) is 19.9 Å². The summed E-state index contributed by atoms with van der Waals surface area (Å²) in [5, 5.41) is 3.19. The highest BCUT2D eigenvalue weighted by Crippen LogP contribution is 2.27. The van der Waals surface area contributed by atoms with Gasteiger partial charge in [0.25, 0.3) is 0 Å². The first-order valence-electron chi connectivity index (χ1n) is 9.66. The number of hydrogen-bond acceptors (Lipinski definition) is 6. The lowest BCUT2D eigenvalue weighted by molar-refractivity contribution is 0.198. The summed E-state index contributed by atoms with van der Waals surface area (Å²) >= 11 is 0. The predicted octanol–water partition coefficient (Wildman–Crippen LogP) is 4.00. The summed E-state index contributed by atoms with van der Waals surface area (Å²) in [4.78, 5) is 15.9. The molecule has 0 spiro atoms. The Bertz CT molecular complexity index is 885. The molecule has 1 aliphatic rings. The van der Waals surface area contributed by atoms with Crippen LogP contribution in [-0.4, -0.2) is 40.1 Å². The summed E-state index contributed by atoms with van der Waals surface area (Å²) in [5.41, 5.74) is 2.40. The van der Waals surface area contributed by atoms with E-state index in [4.69, 9.17) is 9.72 Å². The number of benzene rings is 1. The number of methoxy groups -OCH3 is 1. The van der Waals surface area contributed by atoms with E-state index in [0.717, 1.165) is 43.3 Å². The molecule has 3 heterocycles. The van der Waals surface area contributed by atoms with Gasteiger partial charge in [-0.1, -0.05) is 18.2 Å². The van der Waals surface area contributed by atoms with Crippen molar-refractivity contribution in [3.05, 3.63) is 72.2 Å². The molecule has 1 aromatic carbocycles. The molecule has 3 aromatic rings. The molecule has 4 rings (SSSR count). The zero-order valence-corrected chi connectivity index (χ0v) is 16.1. The number of piperidine rings is 1. The van der Waals surface area contributed by atoms with Crippen molar-refractivity contribution in [2.24, 2.45) is 0 Å². The van der Waals surface area contributed by atoms with E-state index in [0.29, 0.717) is 11.9 Å². The molecule has 0 bridgehead atoms. The molecule has 1 saturated heterocycles. The van der Waals surface area contributed by atoms with Crippen molar-refractivity contribution < 1.29 is 4.74 Å². The number of likely N-dealkylation sites (tertiary alicyclic amines) is 1. The van der Waals surface area contributed by atoms with Gasteiger partial charge in [0.15, 0.2) is 0 Å². The standard InChI is InChI=1S/C22H25N5O/c1-28-19-9-7-17(8-10-19)15-27-14-4-5-18(16-27)20-11-13-24-22(25-20)26-21-6-2-3-12-23-21/h2-3,6-13,18H,4-5,14-16H2,1H3,(H,23,24,25,26)/t18-/m0/s1. The highest BCUT2D eigenvalue weighted by atomic mass is 16.5. The molecule has 0 saturated carbocycles. The Hall–Kier alpha value is -2.99. The molecule has 28 heavy (non-hydrogen) atoms. The van der Waals surface area contributed by atoms with Crippen LogP contribution in [0.2, 0.25) is 0 Å². The van der Waals surface area contributed by atoms with Gasteiger partial charge in [0.1, 0.15) is 11.6 Å². The summed E-state index contributed by atoms with van der Waals surface area (Å²) in [6.07, 6.45) is 5.91. The predicted molar refractivity (Wildman–Crippen MR) is 110 cm³/mol. The van der Waals surface area contributed by atoms with Crippen molar-refractivity contribution in [2.75, 3.05) is 25.5 Å². The van der Waals surface area contributed by atoms with Gasteiger partial charge in [-0.05, 0) is 55.3 Å². The average Bonchev–Trinajstić information content (AvgIpc) is 2.75. The van der Waals surface area contributed by atoms with Crippen LogP contribution in [0.15, 0.2) is 60.9 Å². The molecule has 0 aliphatic carbocycles. The Balaban J connectivity index is 1.41. The minimum Gasteiger partial charge on any atom is -0.497 e. The highest BCUT2D eigenvalue weighted by Gasteiger charge is 2.23. The van der Waals surface area contributed by atoms with Crippen LogP contribution >= 0.6 is 0 Å². The minimum absolute atomic E-state index is 0.416. The van der Waals surface area contributed by atoms with Crippen molar-refractivity contribution in [1.29, 1.82) is 0 Å². The Kier molecular flexibility index (Phi) is 5.77. The van der Waals surface area contributed by atoms with Crippen LogP contribution in [0.3, 0.4) is 0 Å². The molecular weight excluding hydrogens is 350 g/mol. The fourth-order valence-electron chi connectivity index (χ4n) is 3.64. The zero-order valence-electron chi connectivity index (χ0n) is 16.1. The first-order chi connectivity index (χ1) is 13.8. The monoisotopic (exact) mass is 375 g/mol. The van der Waals surface area contributed by atoms with Gasteiger partial charge in [0.2, 0.25) is 5.95 Å². The molecule has 6 nitrogen and oxygen atoms in total. The van der Waals surface area contributed by atoms with E-state index in [1.807, 2.05) is 42.6 Å². The summed E-state index contributed by atoms with van der Waals surface area (Å²) < 4.78 is 5.25. The number of ether oxygens (including phenoxy) is 1. The Labute approximate surface area is 165 Å². The average molecular weight is 375 g/mol. The number of nitrogens with one attached hydrogen (secondary N) is 1. The summed E-state index contributed by atoms with van der Waals surface area (Å²) in [7, 11) is 1.70. The number of hydrogen-bond donors (Lipinski definition) is 1. The quantitative estimate of drug-likeness (QED) is 0.702. The van der Waals surface area contributed by atoms with E-state index in [1.54, 1.807) is 13.3 Å². The van der Waals surface area contributed by atoms with E-state index < -0.39 is 0 Å². The number of anilines is 2. The number of pyridine rings is 1. The number of nitrogens with zero attached hydrogens (tertiary/aromatic N) is 4. The normalized spacial score (nSPS) is 17.2. The van der Waals surface area contributed by atoms with Crippen molar-refractivity contribution in [2.45, 2.75) is 25.3 Å². The van der Waals surface area contributed by atoms with Crippen LogP contribution in [0.5, 0.6) is 5.75 Å². The lowest BCUT2D eigenvalue weighted by Crippen LogP contribution is -2.34. The topological polar surface area (TPSA) is 63.2 Å². The Morgan fingerprint density at radius 3 is 2.75 bits per heavy atom. The Morgan fingerprint density at radius 1 is 1.07 bits per heavy atom. The molecule has 1 fully saturated rings. The molecule has 1 aliphatic heterocycles. The van der Waals surface area contributed by atoms with E-state index in [1.165, 1.54) is 12.0 Å². The molecule has 0 radical (unpaired) electrons. The maximum atomic E-state index is 5.25. The smallest absolute Gasteiger partial charge is 0.228 e. The summed E-state index contributed by atoms with van der Waals surface area (Å²) in [6.45, 7) is 3.07. The maximum absolute atomic E-state index is 5.25. The van der Waals surface area contributed by atoms with Gasteiger partial charge in [0.05, 0.1) is 12.8 Å². The van der Waals surface area contributed by atoms with Crippen molar-refractivity contribution in [3.63, 3.8) is 0 Å². The van der Waals surface area contributed by atoms with E-state index in [-0.39, 0.29) is 0 Å². The van der Waals surface area contributed by atoms with Gasteiger partial charge in [-0.25, -0.2) is 15.0 Å². The number of rotatable bonds is 6. The summed E-state index contributed by atoms with van der Waals surface area (Å²) in [5.74, 6) is 2.67. The van der Waals surface area contributed by atoms with Crippen LogP contribution < -0.4 is 10.1 Å². The molecule has 0 unspecified atom stereocenters. The number of aromatic nitrogens is 3. The maximum Gasteiger partial charge on any atom is 0.228 e. The van der Waals surface area contributed by atoms with Crippen LogP contribution in [0, 0.1) is 0 Å². The fraction of sp³-hybridized carbons (Fsp3) is 0.318.